The summed E-state index contributed by atoms with van der Waals surface area (Å²) in [6, 6.07) is 6.47. The third-order valence-electron chi connectivity index (χ3n) is 2.85. The summed E-state index contributed by atoms with van der Waals surface area (Å²) in [5.74, 6) is -0.827. The van der Waals surface area contributed by atoms with Crippen LogP contribution in [0.1, 0.15) is 43.5 Å². The summed E-state index contributed by atoms with van der Waals surface area (Å²) in [7, 11) is 0. The molecule has 0 spiro atoms. The first-order chi connectivity index (χ1) is 9.54. The minimum atomic E-state index is -0.814. The molecule has 20 heavy (non-hydrogen) atoms. The molecule has 0 saturated carbocycles. The SMILES string of the molecule is CCCCCNC(=O)C(C)OC(=O)c1cccc(N)c1. The van der Waals surface area contributed by atoms with Gasteiger partial charge in [0.2, 0.25) is 0 Å². The molecular weight excluding hydrogens is 256 g/mol. The summed E-state index contributed by atoms with van der Waals surface area (Å²) in [5, 5.41) is 2.74. The van der Waals surface area contributed by atoms with Crippen LogP contribution in [0.25, 0.3) is 0 Å². The Morgan fingerprint density at radius 2 is 2.10 bits per heavy atom. The van der Waals surface area contributed by atoms with Gasteiger partial charge < -0.3 is 15.8 Å². The summed E-state index contributed by atoms with van der Waals surface area (Å²) in [5.41, 5.74) is 6.42. The third kappa shape index (κ3) is 5.30. The molecule has 110 valence electrons. The van der Waals surface area contributed by atoms with E-state index in [0.717, 1.165) is 19.3 Å². The molecule has 5 nitrogen and oxygen atoms in total. The number of hydrogen-bond donors (Lipinski definition) is 2. The predicted molar refractivity (Wildman–Crippen MR) is 78.3 cm³/mol. The van der Waals surface area contributed by atoms with Crippen LogP contribution in [0.2, 0.25) is 0 Å². The number of hydrogen-bond acceptors (Lipinski definition) is 4. The lowest BCUT2D eigenvalue weighted by Crippen LogP contribution is -2.36. The van der Waals surface area contributed by atoms with Crippen molar-refractivity contribution in [3.8, 4) is 0 Å². The van der Waals surface area contributed by atoms with Gasteiger partial charge >= 0.3 is 5.97 Å². The zero-order chi connectivity index (χ0) is 15.0. The van der Waals surface area contributed by atoms with Crippen LogP contribution in [0.15, 0.2) is 24.3 Å². The zero-order valence-electron chi connectivity index (χ0n) is 12.0. The number of ether oxygens (including phenoxy) is 1. The number of nitrogen functional groups attached to an aromatic ring is 1. The fraction of sp³-hybridized carbons (Fsp3) is 0.467. The van der Waals surface area contributed by atoms with Gasteiger partial charge in [-0.1, -0.05) is 25.8 Å². The number of carbonyl (C=O) groups is 2. The number of nitrogens with one attached hydrogen (secondary N) is 1. The molecule has 1 rings (SSSR count). The molecule has 0 aliphatic rings. The predicted octanol–water partition coefficient (Wildman–Crippen LogP) is 2.12. The van der Waals surface area contributed by atoms with Gasteiger partial charge in [-0.05, 0) is 31.5 Å². The lowest BCUT2D eigenvalue weighted by atomic mass is 10.2. The van der Waals surface area contributed by atoms with Crippen molar-refractivity contribution >= 4 is 17.6 Å². The van der Waals surface area contributed by atoms with Gasteiger partial charge in [-0.3, -0.25) is 4.79 Å². The van der Waals surface area contributed by atoms with Crippen molar-refractivity contribution in [2.24, 2.45) is 0 Å². The molecule has 5 heteroatoms. The number of anilines is 1. The van der Waals surface area contributed by atoms with Crippen molar-refractivity contribution in [2.75, 3.05) is 12.3 Å². The van der Waals surface area contributed by atoms with Gasteiger partial charge in [-0.25, -0.2) is 4.79 Å². The van der Waals surface area contributed by atoms with Crippen LogP contribution in [0.4, 0.5) is 5.69 Å². The van der Waals surface area contributed by atoms with Crippen molar-refractivity contribution in [3.63, 3.8) is 0 Å². The Kier molecular flexibility index (Phi) is 6.56. The van der Waals surface area contributed by atoms with Gasteiger partial charge in [0, 0.05) is 12.2 Å². The van der Waals surface area contributed by atoms with Crippen LogP contribution < -0.4 is 11.1 Å². The Bertz CT molecular complexity index is 460. The largest absolute Gasteiger partial charge is 0.449 e. The van der Waals surface area contributed by atoms with Crippen molar-refractivity contribution in [1.82, 2.24) is 5.32 Å². The standard InChI is InChI=1S/C15H22N2O3/c1-3-4-5-9-17-14(18)11(2)20-15(19)12-7-6-8-13(16)10-12/h6-8,10-11H,3-5,9,16H2,1-2H3,(H,17,18). The van der Waals surface area contributed by atoms with Crippen LogP contribution in [-0.2, 0) is 9.53 Å². The average Bonchev–Trinajstić information content (AvgIpc) is 2.43. The second-order valence-corrected chi connectivity index (χ2v) is 4.67. The van der Waals surface area contributed by atoms with E-state index in [1.807, 2.05) is 0 Å². The van der Waals surface area contributed by atoms with Crippen molar-refractivity contribution in [1.29, 1.82) is 0 Å². The van der Waals surface area contributed by atoms with Gasteiger partial charge in [0.25, 0.3) is 5.91 Å². The molecule has 0 aliphatic heterocycles. The zero-order valence-corrected chi connectivity index (χ0v) is 12.0. The highest BCUT2D eigenvalue weighted by Crippen LogP contribution is 2.09. The first kappa shape index (κ1) is 16.0. The molecule has 1 aromatic carbocycles. The smallest absolute Gasteiger partial charge is 0.338 e. The molecule has 0 heterocycles. The summed E-state index contributed by atoms with van der Waals surface area (Å²) in [6.07, 6.45) is 2.27. The van der Waals surface area contributed by atoms with Crippen LogP contribution in [-0.4, -0.2) is 24.5 Å². The molecule has 0 radical (unpaired) electrons. The topological polar surface area (TPSA) is 81.4 Å². The van der Waals surface area contributed by atoms with Crippen LogP contribution >= 0.6 is 0 Å². The first-order valence-corrected chi connectivity index (χ1v) is 6.88. The van der Waals surface area contributed by atoms with Gasteiger partial charge in [0.05, 0.1) is 5.56 Å². The van der Waals surface area contributed by atoms with Crippen LogP contribution in [0.3, 0.4) is 0 Å². The van der Waals surface area contributed by atoms with E-state index < -0.39 is 12.1 Å². The van der Waals surface area contributed by atoms with Gasteiger partial charge in [0.1, 0.15) is 0 Å². The highest BCUT2D eigenvalue weighted by atomic mass is 16.5. The Labute approximate surface area is 119 Å². The normalized spacial score (nSPS) is 11.7. The lowest BCUT2D eigenvalue weighted by Gasteiger charge is -2.13. The van der Waals surface area contributed by atoms with Crippen LogP contribution in [0.5, 0.6) is 0 Å². The van der Waals surface area contributed by atoms with E-state index in [0.29, 0.717) is 17.8 Å². The monoisotopic (exact) mass is 278 g/mol. The van der Waals surface area contributed by atoms with E-state index in [1.54, 1.807) is 25.1 Å². The van der Waals surface area contributed by atoms with Crippen molar-refractivity contribution in [2.45, 2.75) is 39.2 Å². The number of benzene rings is 1. The molecule has 0 aliphatic carbocycles. The minimum Gasteiger partial charge on any atom is -0.449 e. The minimum absolute atomic E-state index is 0.279. The average molecular weight is 278 g/mol. The maximum Gasteiger partial charge on any atom is 0.338 e. The molecule has 1 aromatic rings. The molecule has 0 bridgehead atoms. The fourth-order valence-electron chi connectivity index (χ4n) is 1.68. The highest BCUT2D eigenvalue weighted by molar-refractivity contribution is 5.92. The van der Waals surface area contributed by atoms with Crippen molar-refractivity contribution in [3.05, 3.63) is 29.8 Å². The first-order valence-electron chi connectivity index (χ1n) is 6.88. The van der Waals surface area contributed by atoms with Gasteiger partial charge in [0.15, 0.2) is 6.10 Å². The Hall–Kier alpha value is -2.04. The number of rotatable bonds is 7. The third-order valence-corrected chi connectivity index (χ3v) is 2.85. The lowest BCUT2D eigenvalue weighted by molar-refractivity contribution is -0.129. The Morgan fingerprint density at radius 1 is 1.35 bits per heavy atom. The molecule has 1 unspecified atom stereocenters. The molecule has 3 N–H and O–H groups in total. The maximum absolute atomic E-state index is 11.8. The number of nitrogens with two attached hydrogens (primary N) is 1. The van der Waals surface area contributed by atoms with E-state index in [4.69, 9.17) is 10.5 Å². The van der Waals surface area contributed by atoms with Gasteiger partial charge in [-0.15, -0.1) is 0 Å². The second kappa shape index (κ2) is 8.19. The van der Waals surface area contributed by atoms with E-state index >= 15 is 0 Å². The Balaban J connectivity index is 2.43. The number of carbonyl (C=O) groups excluding carboxylic acids is 2. The summed E-state index contributed by atoms with van der Waals surface area (Å²) in [6.45, 7) is 4.25. The molecule has 0 aromatic heterocycles. The summed E-state index contributed by atoms with van der Waals surface area (Å²) < 4.78 is 5.10. The van der Waals surface area contributed by atoms with E-state index in [2.05, 4.69) is 12.2 Å². The molecule has 0 fully saturated rings. The van der Waals surface area contributed by atoms with Gasteiger partial charge in [-0.2, -0.15) is 0 Å². The molecule has 0 saturated heterocycles. The second-order valence-electron chi connectivity index (χ2n) is 4.67. The summed E-state index contributed by atoms with van der Waals surface area (Å²) in [4.78, 5) is 23.6. The van der Waals surface area contributed by atoms with Crippen LogP contribution in [0, 0.1) is 0 Å². The highest BCUT2D eigenvalue weighted by Gasteiger charge is 2.18. The quantitative estimate of drug-likeness (QED) is 0.455. The maximum atomic E-state index is 11.8. The van der Waals surface area contributed by atoms with E-state index in [1.165, 1.54) is 6.07 Å². The summed E-state index contributed by atoms with van der Waals surface area (Å²) >= 11 is 0. The van der Waals surface area contributed by atoms with E-state index in [9.17, 15) is 9.59 Å². The molecular formula is C15H22N2O3. The fourth-order valence-corrected chi connectivity index (χ4v) is 1.68. The Morgan fingerprint density at radius 3 is 2.75 bits per heavy atom. The number of amides is 1. The number of esters is 1. The van der Waals surface area contributed by atoms with Crippen molar-refractivity contribution < 1.29 is 14.3 Å². The number of unbranched alkanes of at least 4 members (excludes halogenated alkanes) is 2. The van der Waals surface area contributed by atoms with E-state index in [-0.39, 0.29) is 5.91 Å². The molecule has 1 amide bonds. The molecule has 1 atom stereocenters.